The number of piperidine rings is 1. The first kappa shape index (κ1) is 31.1. The maximum atomic E-state index is 12.3. The van der Waals surface area contributed by atoms with E-state index in [-0.39, 0.29) is 23.7 Å². The van der Waals surface area contributed by atoms with Gasteiger partial charge in [0.1, 0.15) is 0 Å². The summed E-state index contributed by atoms with van der Waals surface area (Å²) in [5.41, 5.74) is 8.59. The lowest BCUT2D eigenvalue weighted by Crippen LogP contribution is -2.51. The van der Waals surface area contributed by atoms with Crippen LogP contribution in [-0.2, 0) is 14.6 Å². The first-order valence-electron chi connectivity index (χ1n) is 13.6. The number of nitrogens with one attached hydrogen (secondary N) is 1. The second-order valence-electron chi connectivity index (χ2n) is 11.5. The minimum Gasteiger partial charge on any atom is -0.370 e. The van der Waals surface area contributed by atoms with E-state index in [9.17, 15) is 13.2 Å². The Labute approximate surface area is 225 Å². The van der Waals surface area contributed by atoms with Crippen molar-refractivity contribution in [2.75, 3.05) is 52.6 Å². The molecule has 0 saturated carbocycles. The molecule has 0 spiro atoms. The summed E-state index contributed by atoms with van der Waals surface area (Å²) in [4.78, 5) is 19.0. The van der Waals surface area contributed by atoms with E-state index in [2.05, 4.69) is 65.6 Å². The van der Waals surface area contributed by atoms with Gasteiger partial charge >= 0.3 is 0 Å². The van der Waals surface area contributed by atoms with Crippen LogP contribution in [-0.4, -0.2) is 87.6 Å². The van der Waals surface area contributed by atoms with Crippen molar-refractivity contribution in [3.8, 4) is 0 Å². The fourth-order valence-electron chi connectivity index (χ4n) is 4.97. The number of hydrogen-bond acceptors (Lipinski definition) is 5. The van der Waals surface area contributed by atoms with Gasteiger partial charge in [-0.25, -0.2) is 8.42 Å². The van der Waals surface area contributed by atoms with Crippen LogP contribution in [0.5, 0.6) is 0 Å². The summed E-state index contributed by atoms with van der Waals surface area (Å²) in [6.45, 7) is 17.6. The number of likely N-dealkylation sites (N-methyl/N-ethyl adjacent to an activating group) is 1. The van der Waals surface area contributed by atoms with E-state index in [0.717, 1.165) is 63.2 Å². The number of carbonyl (C=O) groups excluding carboxylic acids is 1. The standard InChI is InChI=1S/C16H26O2S.C12H23N5O/c1-10(2)13-8-14(11(3)4)16(19(7,17)18)15(9-13)12(5)6;1-15-6-8-16(9-7-15)11(18)10-2-4-17(5-3-10)12(13)14/h8-12H,1-7H3;10H,2-9H2,1H3,(H3,13,14). The maximum absolute atomic E-state index is 12.3. The van der Waals surface area contributed by atoms with Crippen LogP contribution in [0.15, 0.2) is 17.0 Å². The summed E-state index contributed by atoms with van der Waals surface area (Å²) in [6.07, 6.45) is 2.96. The molecule has 3 N–H and O–H groups in total. The van der Waals surface area contributed by atoms with Gasteiger partial charge in [0, 0.05) is 51.4 Å². The largest absolute Gasteiger partial charge is 0.370 e. The predicted octanol–water partition coefficient (Wildman–Crippen LogP) is 3.83. The molecule has 0 aromatic heterocycles. The van der Waals surface area contributed by atoms with E-state index >= 15 is 0 Å². The van der Waals surface area contributed by atoms with Crippen LogP contribution in [0.25, 0.3) is 0 Å². The topological polar surface area (TPSA) is 111 Å². The third-order valence-corrected chi connectivity index (χ3v) is 8.66. The molecule has 0 radical (unpaired) electrons. The van der Waals surface area contributed by atoms with Gasteiger partial charge in [0.25, 0.3) is 0 Å². The van der Waals surface area contributed by atoms with E-state index < -0.39 is 9.84 Å². The summed E-state index contributed by atoms with van der Waals surface area (Å²) in [5, 5.41) is 7.38. The molecule has 2 aliphatic heterocycles. The predicted molar refractivity (Wildman–Crippen MR) is 152 cm³/mol. The Bertz CT molecular complexity index is 1010. The second-order valence-corrected chi connectivity index (χ2v) is 13.5. The van der Waals surface area contributed by atoms with E-state index in [1.165, 1.54) is 11.8 Å². The van der Waals surface area contributed by atoms with Gasteiger partial charge in [0.2, 0.25) is 5.91 Å². The van der Waals surface area contributed by atoms with E-state index in [0.29, 0.717) is 16.7 Å². The quantitative estimate of drug-likeness (QED) is 0.438. The van der Waals surface area contributed by atoms with Gasteiger partial charge in [-0.05, 0) is 54.3 Å². The van der Waals surface area contributed by atoms with Crippen LogP contribution in [0.2, 0.25) is 0 Å². The number of nitrogens with two attached hydrogens (primary N) is 1. The number of amides is 1. The number of sulfone groups is 1. The molecular weight excluding hydrogens is 486 g/mol. The van der Waals surface area contributed by atoms with Crippen LogP contribution in [0, 0.1) is 11.3 Å². The summed E-state index contributed by atoms with van der Waals surface area (Å²) in [7, 11) is -1.11. The van der Waals surface area contributed by atoms with Crippen molar-refractivity contribution in [3.05, 3.63) is 28.8 Å². The van der Waals surface area contributed by atoms with Crippen molar-refractivity contribution in [1.82, 2.24) is 14.7 Å². The van der Waals surface area contributed by atoms with Crippen LogP contribution in [0.3, 0.4) is 0 Å². The molecule has 37 heavy (non-hydrogen) atoms. The highest BCUT2D eigenvalue weighted by Crippen LogP contribution is 2.34. The number of carbonyl (C=O) groups is 1. The van der Waals surface area contributed by atoms with Gasteiger partial charge in [-0.3, -0.25) is 10.2 Å². The minimum absolute atomic E-state index is 0.125. The first-order valence-corrected chi connectivity index (χ1v) is 15.5. The van der Waals surface area contributed by atoms with Gasteiger partial charge in [0.15, 0.2) is 15.8 Å². The summed E-state index contributed by atoms with van der Waals surface area (Å²) < 4.78 is 24.3. The van der Waals surface area contributed by atoms with Crippen molar-refractivity contribution in [1.29, 1.82) is 5.41 Å². The van der Waals surface area contributed by atoms with Crippen molar-refractivity contribution in [3.63, 3.8) is 0 Å². The molecule has 1 amide bonds. The lowest BCUT2D eigenvalue weighted by atomic mass is 9.89. The van der Waals surface area contributed by atoms with Crippen LogP contribution in [0.1, 0.15) is 88.8 Å². The summed E-state index contributed by atoms with van der Waals surface area (Å²) in [5.74, 6) is 1.38. The molecule has 0 unspecified atom stereocenters. The Kier molecular flexibility index (Phi) is 11.0. The summed E-state index contributed by atoms with van der Waals surface area (Å²) >= 11 is 0. The number of guanidine groups is 1. The average molecular weight is 536 g/mol. The Balaban J connectivity index is 0.000000260. The third kappa shape index (κ3) is 8.43. The molecule has 1 aromatic rings. The molecule has 3 rings (SSSR count). The second kappa shape index (κ2) is 13.1. The first-order chi connectivity index (χ1) is 17.1. The van der Waals surface area contributed by atoms with E-state index in [1.807, 2.05) is 9.80 Å². The van der Waals surface area contributed by atoms with E-state index in [1.54, 1.807) is 0 Å². The van der Waals surface area contributed by atoms with Crippen molar-refractivity contribution >= 4 is 21.7 Å². The molecule has 2 fully saturated rings. The molecular formula is C28H49N5O3S. The van der Waals surface area contributed by atoms with Crippen molar-refractivity contribution < 1.29 is 13.2 Å². The zero-order chi connectivity index (χ0) is 28.1. The highest BCUT2D eigenvalue weighted by atomic mass is 32.2. The molecule has 8 nitrogen and oxygen atoms in total. The van der Waals surface area contributed by atoms with Crippen molar-refractivity contribution in [2.45, 2.75) is 77.0 Å². The van der Waals surface area contributed by atoms with Gasteiger partial charge < -0.3 is 20.4 Å². The number of nitrogens with zero attached hydrogens (tertiary/aromatic N) is 3. The summed E-state index contributed by atoms with van der Waals surface area (Å²) in [6, 6.07) is 4.13. The highest BCUT2D eigenvalue weighted by molar-refractivity contribution is 7.90. The molecule has 0 aliphatic carbocycles. The fourth-order valence-corrected chi connectivity index (χ4v) is 6.42. The van der Waals surface area contributed by atoms with Gasteiger partial charge in [-0.2, -0.15) is 0 Å². The Morgan fingerprint density at radius 2 is 1.32 bits per heavy atom. The molecule has 2 aliphatic rings. The zero-order valence-electron chi connectivity index (χ0n) is 24.2. The third-order valence-electron chi connectivity index (χ3n) is 7.45. The van der Waals surface area contributed by atoms with E-state index in [4.69, 9.17) is 11.1 Å². The van der Waals surface area contributed by atoms with Crippen LogP contribution in [0.4, 0.5) is 0 Å². The maximum Gasteiger partial charge on any atom is 0.225 e. The average Bonchev–Trinajstić information content (AvgIpc) is 2.83. The molecule has 1 aromatic carbocycles. The SMILES string of the molecule is CC(C)c1cc(C(C)C)c(S(C)(=O)=O)c(C(C)C)c1.CN1CCN(C(=O)C2CCN(C(=N)N)CC2)CC1. The minimum atomic E-state index is -3.20. The van der Waals surface area contributed by atoms with Gasteiger partial charge in [-0.1, -0.05) is 53.7 Å². The van der Waals surface area contributed by atoms with Gasteiger partial charge in [-0.15, -0.1) is 0 Å². The molecule has 2 saturated heterocycles. The molecule has 2 heterocycles. The fraction of sp³-hybridized carbons (Fsp3) is 0.714. The van der Waals surface area contributed by atoms with Crippen molar-refractivity contribution in [2.24, 2.45) is 11.7 Å². The number of hydrogen-bond donors (Lipinski definition) is 2. The Morgan fingerprint density at radius 1 is 0.865 bits per heavy atom. The lowest BCUT2D eigenvalue weighted by molar-refractivity contribution is -0.138. The number of piperazine rings is 1. The number of benzene rings is 1. The smallest absolute Gasteiger partial charge is 0.225 e. The molecule has 210 valence electrons. The normalized spacial score (nSPS) is 17.8. The monoisotopic (exact) mass is 535 g/mol. The lowest BCUT2D eigenvalue weighted by Gasteiger charge is -2.37. The number of likely N-dealkylation sites (tertiary alicyclic amines) is 1. The van der Waals surface area contributed by atoms with Gasteiger partial charge in [0.05, 0.1) is 4.90 Å². The van der Waals surface area contributed by atoms with Crippen LogP contribution >= 0.6 is 0 Å². The Morgan fingerprint density at radius 3 is 1.68 bits per heavy atom. The molecule has 0 atom stereocenters. The van der Waals surface area contributed by atoms with Crippen LogP contribution < -0.4 is 5.73 Å². The molecule has 9 heteroatoms. The Hall–Kier alpha value is -2.13. The molecule has 0 bridgehead atoms. The zero-order valence-corrected chi connectivity index (χ0v) is 25.0. The number of rotatable bonds is 5. The highest BCUT2D eigenvalue weighted by Gasteiger charge is 2.30.